The van der Waals surface area contributed by atoms with Crippen LogP contribution in [0.15, 0.2) is 42.9 Å². The number of hydrogen-bond donors (Lipinski definition) is 0. The van der Waals surface area contributed by atoms with Crippen molar-refractivity contribution in [2.24, 2.45) is 0 Å². The van der Waals surface area contributed by atoms with E-state index >= 15 is 0 Å². The molecular formula is C24H27N7O3. The largest absolute Gasteiger partial charge is 0.459 e. The van der Waals surface area contributed by atoms with E-state index in [1.54, 1.807) is 12.3 Å². The molecule has 0 radical (unpaired) electrons. The van der Waals surface area contributed by atoms with Crippen molar-refractivity contribution >= 4 is 11.9 Å². The predicted octanol–water partition coefficient (Wildman–Crippen LogP) is 1.09. The molecule has 0 bridgehead atoms. The summed E-state index contributed by atoms with van der Waals surface area (Å²) in [5.74, 6) is 0.510. The Bertz CT molecular complexity index is 1160. The van der Waals surface area contributed by atoms with Gasteiger partial charge >= 0.3 is 5.97 Å². The average molecular weight is 462 g/mol. The summed E-state index contributed by atoms with van der Waals surface area (Å²) >= 11 is 0. The molecule has 2 aliphatic heterocycles. The quantitative estimate of drug-likeness (QED) is 0.502. The van der Waals surface area contributed by atoms with Gasteiger partial charge in [-0.3, -0.25) is 9.69 Å². The second-order valence-electron chi connectivity index (χ2n) is 8.84. The molecule has 10 heteroatoms. The first kappa shape index (κ1) is 22.1. The Morgan fingerprint density at radius 3 is 2.68 bits per heavy atom. The minimum Gasteiger partial charge on any atom is -0.459 e. The number of nitrogens with zero attached hydrogens (tertiary/aromatic N) is 7. The van der Waals surface area contributed by atoms with Gasteiger partial charge in [0.05, 0.1) is 12.0 Å². The number of pyridine rings is 1. The molecule has 5 rings (SSSR count). The first-order valence-electron chi connectivity index (χ1n) is 11.6. The molecular weight excluding hydrogens is 434 g/mol. The molecule has 4 heterocycles. The van der Waals surface area contributed by atoms with Crippen molar-refractivity contribution in [1.82, 2.24) is 35.0 Å². The van der Waals surface area contributed by atoms with Crippen molar-refractivity contribution in [3.63, 3.8) is 0 Å². The smallest absolute Gasteiger partial charge is 0.338 e. The number of aromatic nitrogens is 5. The number of hydrogen-bond acceptors (Lipinski definition) is 8. The third-order valence-electron chi connectivity index (χ3n) is 6.40. The number of carbonyl (C=O) groups excluding carboxylic acids is 2. The van der Waals surface area contributed by atoms with Crippen molar-refractivity contribution in [2.75, 3.05) is 32.7 Å². The summed E-state index contributed by atoms with van der Waals surface area (Å²) in [4.78, 5) is 33.4. The zero-order valence-electron chi connectivity index (χ0n) is 19.1. The molecule has 1 aromatic carbocycles. The van der Waals surface area contributed by atoms with E-state index < -0.39 is 0 Å². The second kappa shape index (κ2) is 9.68. The third-order valence-corrected chi connectivity index (χ3v) is 6.40. The van der Waals surface area contributed by atoms with Gasteiger partial charge in [-0.1, -0.05) is 18.2 Å². The Kier molecular flexibility index (Phi) is 6.31. The van der Waals surface area contributed by atoms with E-state index in [2.05, 4.69) is 31.5 Å². The molecule has 0 aliphatic carbocycles. The van der Waals surface area contributed by atoms with Gasteiger partial charge in [-0.25, -0.2) is 9.78 Å². The van der Waals surface area contributed by atoms with E-state index in [0.29, 0.717) is 17.8 Å². The molecule has 1 unspecified atom stereocenters. The molecule has 1 fully saturated rings. The van der Waals surface area contributed by atoms with E-state index in [-0.39, 0.29) is 18.0 Å². The summed E-state index contributed by atoms with van der Waals surface area (Å²) in [6.07, 6.45) is 5.13. The number of rotatable bonds is 6. The molecule has 0 N–H and O–H groups in total. The molecule has 2 aromatic heterocycles. The summed E-state index contributed by atoms with van der Waals surface area (Å²) in [7, 11) is 0. The van der Waals surface area contributed by atoms with Gasteiger partial charge in [0, 0.05) is 45.3 Å². The lowest BCUT2D eigenvalue weighted by Gasteiger charge is -2.35. The number of fused-ring (bicyclic) bond motifs is 1. The van der Waals surface area contributed by atoms with Crippen LogP contribution in [0.3, 0.4) is 0 Å². The number of esters is 1. The van der Waals surface area contributed by atoms with Crippen molar-refractivity contribution < 1.29 is 14.3 Å². The van der Waals surface area contributed by atoms with E-state index in [0.717, 1.165) is 56.7 Å². The Hall–Kier alpha value is -3.66. The molecule has 0 saturated carbocycles. The maximum atomic E-state index is 12.8. The minimum absolute atomic E-state index is 0.0689. The zero-order chi connectivity index (χ0) is 23.5. The highest BCUT2D eigenvalue weighted by Crippen LogP contribution is 2.22. The first-order valence-corrected chi connectivity index (χ1v) is 11.6. The van der Waals surface area contributed by atoms with Crippen LogP contribution in [0.1, 0.15) is 34.0 Å². The Morgan fingerprint density at radius 1 is 1.12 bits per heavy atom. The van der Waals surface area contributed by atoms with Crippen molar-refractivity contribution in [3.05, 3.63) is 65.1 Å². The van der Waals surface area contributed by atoms with E-state index in [9.17, 15) is 9.59 Å². The fraction of sp³-hybridized carbons (Fsp3) is 0.417. The summed E-state index contributed by atoms with van der Waals surface area (Å²) in [6.45, 7) is 6.03. The van der Waals surface area contributed by atoms with Crippen molar-refractivity contribution in [1.29, 1.82) is 0 Å². The van der Waals surface area contributed by atoms with Crippen LogP contribution in [-0.2, 0) is 28.8 Å². The maximum Gasteiger partial charge on any atom is 0.338 e. The Balaban J connectivity index is 1.09. The number of piperazine rings is 1. The molecule has 1 atom stereocenters. The average Bonchev–Trinajstić information content (AvgIpc) is 3.38. The molecule has 2 aliphatic rings. The highest BCUT2D eigenvalue weighted by atomic mass is 16.5. The van der Waals surface area contributed by atoms with E-state index in [4.69, 9.17) is 4.74 Å². The van der Waals surface area contributed by atoms with Crippen LogP contribution in [0.5, 0.6) is 0 Å². The van der Waals surface area contributed by atoms with Crippen LogP contribution >= 0.6 is 0 Å². The summed E-state index contributed by atoms with van der Waals surface area (Å²) in [6, 6.07) is 9.75. The lowest BCUT2D eigenvalue weighted by molar-refractivity contribution is -0.132. The fourth-order valence-electron chi connectivity index (χ4n) is 4.49. The van der Waals surface area contributed by atoms with E-state index in [1.807, 2.05) is 30.0 Å². The van der Waals surface area contributed by atoms with Crippen LogP contribution in [0.2, 0.25) is 0 Å². The van der Waals surface area contributed by atoms with Gasteiger partial charge in [0.15, 0.2) is 5.82 Å². The number of tetrazole rings is 1. The van der Waals surface area contributed by atoms with Gasteiger partial charge < -0.3 is 9.64 Å². The molecule has 1 saturated heterocycles. The standard InChI is InChI=1S/C24H27N7O3/c1-17-12-20-13-18(2-4-21(20)24(33)34-17)6-7-29-8-10-30(11-9-29)23(32)14-19-3-5-22(25-15-19)31-16-26-27-28-31/h2-5,13,15-17H,6-12,14H2,1H3. The number of cyclic esters (lactones) is 1. The van der Waals surface area contributed by atoms with Gasteiger partial charge in [-0.05, 0) is 52.6 Å². The Labute approximate surface area is 197 Å². The fourth-order valence-corrected chi connectivity index (χ4v) is 4.49. The van der Waals surface area contributed by atoms with Crippen LogP contribution in [0.4, 0.5) is 0 Å². The van der Waals surface area contributed by atoms with Gasteiger partial charge in [-0.2, -0.15) is 4.68 Å². The number of benzene rings is 1. The molecule has 176 valence electrons. The number of amides is 1. The molecule has 10 nitrogen and oxygen atoms in total. The molecule has 3 aromatic rings. The SMILES string of the molecule is CC1Cc2cc(CCN3CCN(C(=O)Cc4ccc(-n5cnnn5)nc4)CC3)ccc2C(=O)O1. The van der Waals surface area contributed by atoms with Gasteiger partial charge in [0.2, 0.25) is 5.91 Å². The molecule has 1 amide bonds. The lowest BCUT2D eigenvalue weighted by Crippen LogP contribution is -2.49. The van der Waals surface area contributed by atoms with Crippen LogP contribution in [0.25, 0.3) is 5.82 Å². The van der Waals surface area contributed by atoms with Crippen molar-refractivity contribution in [3.8, 4) is 5.82 Å². The monoisotopic (exact) mass is 461 g/mol. The second-order valence-corrected chi connectivity index (χ2v) is 8.84. The predicted molar refractivity (Wildman–Crippen MR) is 122 cm³/mol. The van der Waals surface area contributed by atoms with Gasteiger partial charge in [-0.15, -0.1) is 5.10 Å². The third kappa shape index (κ3) is 4.96. The molecule has 0 spiro atoms. The van der Waals surface area contributed by atoms with Crippen LogP contribution < -0.4 is 0 Å². The Morgan fingerprint density at radius 2 is 1.94 bits per heavy atom. The van der Waals surface area contributed by atoms with Crippen LogP contribution in [-0.4, -0.2) is 85.7 Å². The number of ether oxygens (including phenoxy) is 1. The summed E-state index contributed by atoms with van der Waals surface area (Å²) in [5, 5.41) is 11.0. The minimum atomic E-state index is -0.222. The molecule has 34 heavy (non-hydrogen) atoms. The lowest BCUT2D eigenvalue weighted by atomic mass is 9.96. The topological polar surface area (TPSA) is 106 Å². The highest BCUT2D eigenvalue weighted by Gasteiger charge is 2.24. The van der Waals surface area contributed by atoms with Gasteiger partial charge in [0.1, 0.15) is 12.4 Å². The normalized spacial score (nSPS) is 18.4. The highest BCUT2D eigenvalue weighted by molar-refractivity contribution is 5.92. The van der Waals surface area contributed by atoms with Crippen LogP contribution in [0, 0.1) is 0 Å². The first-order chi connectivity index (χ1) is 16.5. The summed E-state index contributed by atoms with van der Waals surface area (Å²) < 4.78 is 6.78. The summed E-state index contributed by atoms with van der Waals surface area (Å²) in [5.41, 5.74) is 3.87. The van der Waals surface area contributed by atoms with Crippen molar-refractivity contribution in [2.45, 2.75) is 32.3 Å². The van der Waals surface area contributed by atoms with E-state index in [1.165, 1.54) is 16.6 Å². The zero-order valence-corrected chi connectivity index (χ0v) is 19.1. The number of carbonyl (C=O) groups is 2. The maximum absolute atomic E-state index is 12.8. The van der Waals surface area contributed by atoms with Gasteiger partial charge in [0.25, 0.3) is 0 Å².